The van der Waals surface area contributed by atoms with Crippen LogP contribution in [0.15, 0.2) is 36.4 Å². The maximum atomic E-state index is 13.8. The molecule has 0 saturated carbocycles. The van der Waals surface area contributed by atoms with Crippen molar-refractivity contribution in [3.8, 4) is 0 Å². The van der Waals surface area contributed by atoms with Crippen LogP contribution in [0.2, 0.25) is 5.15 Å². The second kappa shape index (κ2) is 7.40. The number of anilines is 1. The first-order chi connectivity index (χ1) is 12.8. The summed E-state index contributed by atoms with van der Waals surface area (Å²) in [6.07, 6.45) is 0. The average molecular weight is 398 g/mol. The van der Waals surface area contributed by atoms with E-state index in [-0.39, 0.29) is 23.0 Å². The third kappa shape index (κ3) is 3.80. The Kier molecular flexibility index (Phi) is 5.18. The number of aryl methyl sites for hydroxylation is 1. The summed E-state index contributed by atoms with van der Waals surface area (Å²) in [6.45, 7) is 1.69. The summed E-state index contributed by atoms with van der Waals surface area (Å²) in [6, 6.07) is 7.23. The third-order valence-electron chi connectivity index (χ3n) is 3.82. The molecule has 0 radical (unpaired) electrons. The first-order valence-corrected chi connectivity index (χ1v) is 8.08. The van der Waals surface area contributed by atoms with Crippen molar-refractivity contribution in [1.29, 1.82) is 0 Å². The van der Waals surface area contributed by atoms with Crippen molar-refractivity contribution in [3.05, 3.63) is 81.6 Å². The zero-order valence-electron chi connectivity index (χ0n) is 13.9. The molecule has 140 valence electrons. The van der Waals surface area contributed by atoms with Gasteiger partial charge in [0.05, 0.1) is 23.5 Å². The highest BCUT2D eigenvalue weighted by atomic mass is 35.5. The molecular weight excluding hydrogens is 386 g/mol. The topological polar surface area (TPSA) is 46.9 Å². The Morgan fingerprint density at radius 3 is 2.41 bits per heavy atom. The molecule has 1 heterocycles. The van der Waals surface area contributed by atoms with Crippen LogP contribution in [0.4, 0.5) is 23.2 Å². The highest BCUT2D eigenvalue weighted by Gasteiger charge is 2.23. The van der Waals surface area contributed by atoms with Crippen LogP contribution in [0.3, 0.4) is 0 Å². The lowest BCUT2D eigenvalue weighted by atomic mass is 10.2. The van der Waals surface area contributed by atoms with E-state index in [1.54, 1.807) is 12.1 Å². The fourth-order valence-corrected chi connectivity index (χ4v) is 2.81. The summed E-state index contributed by atoms with van der Waals surface area (Å²) in [5.41, 5.74) is 0.380. The quantitative estimate of drug-likeness (QED) is 0.512. The summed E-state index contributed by atoms with van der Waals surface area (Å²) in [5, 5.41) is 6.27. The van der Waals surface area contributed by atoms with Crippen molar-refractivity contribution in [1.82, 2.24) is 9.78 Å². The van der Waals surface area contributed by atoms with Crippen LogP contribution in [-0.2, 0) is 6.54 Å². The molecule has 0 atom stereocenters. The van der Waals surface area contributed by atoms with Gasteiger partial charge in [-0.2, -0.15) is 5.10 Å². The summed E-state index contributed by atoms with van der Waals surface area (Å²) in [7, 11) is 0. The highest BCUT2D eigenvalue weighted by Crippen LogP contribution is 2.24. The van der Waals surface area contributed by atoms with Gasteiger partial charge in [-0.15, -0.1) is 0 Å². The maximum Gasteiger partial charge on any atom is 0.260 e. The third-order valence-corrected chi connectivity index (χ3v) is 4.21. The van der Waals surface area contributed by atoms with Crippen molar-refractivity contribution >= 4 is 23.2 Å². The number of carbonyl (C=O) groups excluding carboxylic acids is 1. The lowest BCUT2D eigenvalue weighted by molar-refractivity contribution is 0.102. The number of aromatic nitrogens is 2. The molecule has 27 heavy (non-hydrogen) atoms. The van der Waals surface area contributed by atoms with E-state index in [1.165, 1.54) is 23.7 Å². The molecule has 4 nitrogen and oxygen atoms in total. The minimum atomic E-state index is -1.69. The first kappa shape index (κ1) is 18.9. The van der Waals surface area contributed by atoms with E-state index in [4.69, 9.17) is 11.6 Å². The van der Waals surface area contributed by atoms with Gasteiger partial charge in [0.2, 0.25) is 0 Å². The van der Waals surface area contributed by atoms with Crippen molar-refractivity contribution in [2.45, 2.75) is 13.5 Å². The molecule has 2 aromatic carbocycles. The second-order valence-electron chi connectivity index (χ2n) is 5.71. The summed E-state index contributed by atoms with van der Waals surface area (Å²) in [5.74, 6) is -5.80. The van der Waals surface area contributed by atoms with E-state index in [1.807, 2.05) is 0 Å². The standard InChI is InChI=1S/C18H12ClF4N3O/c1-9-14(18(27)24-13-7-6-12(21)15(22)16(13)23)17(19)26(25-9)8-10-2-4-11(20)5-3-10/h2-7H,8H2,1H3,(H,24,27). The Morgan fingerprint density at radius 1 is 1.07 bits per heavy atom. The number of hydrogen-bond donors (Lipinski definition) is 1. The van der Waals surface area contributed by atoms with Crippen LogP contribution < -0.4 is 5.32 Å². The molecule has 3 rings (SSSR count). The highest BCUT2D eigenvalue weighted by molar-refractivity contribution is 6.33. The van der Waals surface area contributed by atoms with Gasteiger partial charge in [0.15, 0.2) is 17.5 Å². The SMILES string of the molecule is Cc1nn(Cc2ccc(F)cc2)c(Cl)c1C(=O)Nc1ccc(F)c(F)c1F. The lowest BCUT2D eigenvalue weighted by Gasteiger charge is -2.08. The molecule has 0 saturated heterocycles. The molecule has 1 aromatic heterocycles. The lowest BCUT2D eigenvalue weighted by Crippen LogP contribution is -2.15. The van der Waals surface area contributed by atoms with Gasteiger partial charge in [0.1, 0.15) is 11.0 Å². The Bertz CT molecular complexity index is 1020. The predicted octanol–water partition coefficient (Wildman–Crippen LogP) is 4.70. The molecule has 0 aliphatic rings. The minimum Gasteiger partial charge on any atom is -0.319 e. The molecule has 0 bridgehead atoms. The number of nitrogens with zero attached hydrogens (tertiary/aromatic N) is 2. The number of carbonyl (C=O) groups is 1. The molecule has 9 heteroatoms. The van der Waals surface area contributed by atoms with Crippen LogP contribution in [0.5, 0.6) is 0 Å². The Hall–Kier alpha value is -2.87. The Balaban J connectivity index is 1.86. The van der Waals surface area contributed by atoms with Crippen LogP contribution in [0, 0.1) is 30.2 Å². The van der Waals surface area contributed by atoms with Gasteiger partial charge in [0.25, 0.3) is 5.91 Å². The zero-order chi connectivity index (χ0) is 19.7. The van der Waals surface area contributed by atoms with Gasteiger partial charge in [-0.25, -0.2) is 22.2 Å². The van der Waals surface area contributed by atoms with Crippen molar-refractivity contribution < 1.29 is 22.4 Å². The Morgan fingerprint density at radius 2 is 1.74 bits per heavy atom. The van der Waals surface area contributed by atoms with Gasteiger partial charge >= 0.3 is 0 Å². The first-order valence-electron chi connectivity index (χ1n) is 7.70. The van der Waals surface area contributed by atoms with Gasteiger partial charge in [-0.1, -0.05) is 23.7 Å². The van der Waals surface area contributed by atoms with Crippen molar-refractivity contribution in [3.63, 3.8) is 0 Å². The molecule has 3 aromatic rings. The van der Waals surface area contributed by atoms with Crippen LogP contribution in [0.1, 0.15) is 21.6 Å². The minimum absolute atomic E-state index is 0.0303. The average Bonchev–Trinajstić information content (AvgIpc) is 2.91. The fourth-order valence-electron chi connectivity index (χ4n) is 2.49. The predicted molar refractivity (Wildman–Crippen MR) is 91.7 cm³/mol. The largest absolute Gasteiger partial charge is 0.319 e. The summed E-state index contributed by atoms with van der Waals surface area (Å²) < 4.78 is 54.4. The zero-order valence-corrected chi connectivity index (χ0v) is 14.6. The van der Waals surface area contributed by atoms with Crippen LogP contribution in [0.25, 0.3) is 0 Å². The molecular formula is C18H12ClF4N3O. The van der Waals surface area contributed by atoms with E-state index in [0.717, 1.165) is 6.07 Å². The van der Waals surface area contributed by atoms with Crippen LogP contribution in [-0.4, -0.2) is 15.7 Å². The molecule has 0 aliphatic heterocycles. The molecule has 0 unspecified atom stereocenters. The van der Waals surface area contributed by atoms with Crippen molar-refractivity contribution in [2.24, 2.45) is 0 Å². The van der Waals surface area contributed by atoms with E-state index < -0.39 is 34.9 Å². The molecule has 0 fully saturated rings. The maximum absolute atomic E-state index is 13.8. The molecule has 1 N–H and O–H groups in total. The second-order valence-corrected chi connectivity index (χ2v) is 6.07. The van der Waals surface area contributed by atoms with Gasteiger partial charge in [0, 0.05) is 0 Å². The number of amides is 1. The van der Waals surface area contributed by atoms with E-state index >= 15 is 0 Å². The molecule has 0 spiro atoms. The normalized spacial score (nSPS) is 10.9. The van der Waals surface area contributed by atoms with E-state index in [2.05, 4.69) is 10.4 Å². The van der Waals surface area contributed by atoms with E-state index in [9.17, 15) is 22.4 Å². The fraction of sp³-hybridized carbons (Fsp3) is 0.111. The monoisotopic (exact) mass is 397 g/mol. The number of halogens is 5. The number of hydrogen-bond acceptors (Lipinski definition) is 2. The number of benzene rings is 2. The molecule has 0 aliphatic carbocycles. The van der Waals surface area contributed by atoms with Crippen molar-refractivity contribution in [2.75, 3.05) is 5.32 Å². The van der Waals surface area contributed by atoms with E-state index in [0.29, 0.717) is 11.6 Å². The summed E-state index contributed by atoms with van der Waals surface area (Å²) in [4.78, 5) is 12.4. The summed E-state index contributed by atoms with van der Waals surface area (Å²) >= 11 is 6.21. The Labute approximate surface area is 156 Å². The van der Waals surface area contributed by atoms with Gasteiger partial charge in [-0.05, 0) is 36.8 Å². The van der Waals surface area contributed by atoms with Gasteiger partial charge < -0.3 is 5.32 Å². The molecule has 1 amide bonds. The number of nitrogens with one attached hydrogen (secondary N) is 1. The smallest absolute Gasteiger partial charge is 0.260 e. The van der Waals surface area contributed by atoms with Gasteiger partial charge in [-0.3, -0.25) is 4.79 Å². The number of rotatable bonds is 4. The van der Waals surface area contributed by atoms with Crippen LogP contribution >= 0.6 is 11.6 Å².